The predicted molar refractivity (Wildman–Crippen MR) is 126 cm³/mol. The summed E-state index contributed by atoms with van der Waals surface area (Å²) in [7, 11) is 0.395. The molecule has 2 aromatic rings. The van der Waals surface area contributed by atoms with E-state index >= 15 is 0 Å². The molecule has 0 saturated carbocycles. The molecule has 1 aliphatic rings. The first kappa shape index (κ1) is 22.3. The standard InChI is InChI=1S/C26H31O3P/c1-3-28-26(27)25-24(22-13-8-5-9-14-22)29-19-23(15-10-18-30-25)20(2)16-17-21-11-6-4-7-12-21/h4-9,11-14,16,23,30H,3,10,15,17-19H2,1-2H3/b20-16+,25-24-. The van der Waals surface area contributed by atoms with Gasteiger partial charge in [0.05, 0.1) is 18.5 Å². The van der Waals surface area contributed by atoms with Crippen molar-refractivity contribution in [1.29, 1.82) is 0 Å². The Morgan fingerprint density at radius 1 is 1.13 bits per heavy atom. The lowest BCUT2D eigenvalue weighted by Gasteiger charge is -2.20. The minimum Gasteiger partial charge on any atom is -0.491 e. The van der Waals surface area contributed by atoms with Gasteiger partial charge in [-0.25, -0.2) is 4.79 Å². The van der Waals surface area contributed by atoms with Gasteiger partial charge in [-0.15, -0.1) is 0 Å². The van der Waals surface area contributed by atoms with Gasteiger partial charge in [0.1, 0.15) is 5.76 Å². The van der Waals surface area contributed by atoms with Gasteiger partial charge >= 0.3 is 5.97 Å². The molecule has 1 aliphatic heterocycles. The average Bonchev–Trinajstić information content (AvgIpc) is 2.89. The van der Waals surface area contributed by atoms with Crippen LogP contribution in [0, 0.1) is 5.92 Å². The Hall–Kier alpha value is -2.38. The van der Waals surface area contributed by atoms with Gasteiger partial charge < -0.3 is 9.47 Å². The second-order valence-corrected chi connectivity index (χ2v) is 8.86. The van der Waals surface area contributed by atoms with Crippen molar-refractivity contribution < 1.29 is 14.3 Å². The number of carbonyl (C=O) groups is 1. The summed E-state index contributed by atoms with van der Waals surface area (Å²) in [6, 6.07) is 20.5. The Balaban J connectivity index is 1.82. The van der Waals surface area contributed by atoms with Crippen LogP contribution in [0.1, 0.15) is 37.8 Å². The van der Waals surface area contributed by atoms with E-state index in [2.05, 4.69) is 37.3 Å². The maximum Gasteiger partial charge on any atom is 0.342 e. The molecular formula is C26H31O3P. The molecule has 0 aromatic heterocycles. The van der Waals surface area contributed by atoms with E-state index in [0.717, 1.165) is 31.0 Å². The van der Waals surface area contributed by atoms with Crippen molar-refractivity contribution in [3.8, 4) is 0 Å². The number of rotatable bonds is 6. The number of hydrogen-bond acceptors (Lipinski definition) is 3. The molecule has 2 atom stereocenters. The van der Waals surface area contributed by atoms with Crippen LogP contribution in [-0.4, -0.2) is 25.3 Å². The summed E-state index contributed by atoms with van der Waals surface area (Å²) in [5, 5.41) is 0.689. The number of benzene rings is 2. The third-order valence-corrected chi connectivity index (χ3v) is 6.74. The quantitative estimate of drug-likeness (QED) is 0.315. The van der Waals surface area contributed by atoms with Crippen molar-refractivity contribution in [3.63, 3.8) is 0 Å². The van der Waals surface area contributed by atoms with Crippen LogP contribution >= 0.6 is 8.58 Å². The molecule has 0 aliphatic carbocycles. The highest BCUT2D eigenvalue weighted by Crippen LogP contribution is 2.37. The van der Waals surface area contributed by atoms with Crippen LogP contribution in [-0.2, 0) is 20.7 Å². The van der Waals surface area contributed by atoms with Gasteiger partial charge in [0.15, 0.2) is 0 Å². The molecule has 30 heavy (non-hydrogen) atoms. The zero-order chi connectivity index (χ0) is 21.2. The van der Waals surface area contributed by atoms with Gasteiger partial charge in [-0.2, -0.15) is 0 Å². The van der Waals surface area contributed by atoms with Gasteiger partial charge in [0.2, 0.25) is 0 Å². The van der Waals surface area contributed by atoms with Crippen molar-refractivity contribution in [3.05, 3.63) is 88.8 Å². The van der Waals surface area contributed by atoms with E-state index in [1.807, 2.05) is 43.3 Å². The fraction of sp³-hybridized carbons (Fsp3) is 0.346. The van der Waals surface area contributed by atoms with E-state index in [-0.39, 0.29) is 5.97 Å². The van der Waals surface area contributed by atoms with Crippen LogP contribution in [0.5, 0.6) is 0 Å². The van der Waals surface area contributed by atoms with Gasteiger partial charge in [-0.05, 0) is 44.8 Å². The normalized spacial score (nSPS) is 21.3. The first-order valence-corrected chi connectivity index (χ1v) is 11.9. The summed E-state index contributed by atoms with van der Waals surface area (Å²) in [6.45, 7) is 5.00. The lowest BCUT2D eigenvalue weighted by molar-refractivity contribution is -0.137. The molecule has 0 amide bonds. The molecule has 3 rings (SSSR count). The van der Waals surface area contributed by atoms with Crippen LogP contribution < -0.4 is 0 Å². The van der Waals surface area contributed by atoms with Gasteiger partial charge in [-0.3, -0.25) is 0 Å². The largest absolute Gasteiger partial charge is 0.491 e. The summed E-state index contributed by atoms with van der Waals surface area (Å²) in [5.74, 6) is 0.790. The highest BCUT2D eigenvalue weighted by atomic mass is 31.1. The lowest BCUT2D eigenvalue weighted by atomic mass is 9.94. The molecule has 0 N–H and O–H groups in total. The van der Waals surface area contributed by atoms with Gasteiger partial charge in [0, 0.05) is 11.5 Å². The summed E-state index contributed by atoms with van der Waals surface area (Å²) in [6.07, 6.45) is 6.38. The molecule has 0 bridgehead atoms. The maximum absolute atomic E-state index is 12.7. The molecular weight excluding hydrogens is 391 g/mol. The first-order valence-electron chi connectivity index (χ1n) is 10.7. The lowest BCUT2D eigenvalue weighted by Crippen LogP contribution is -2.13. The Kier molecular flexibility index (Phi) is 8.71. The Bertz CT molecular complexity index is 872. The van der Waals surface area contributed by atoms with Crippen molar-refractivity contribution in [1.82, 2.24) is 0 Å². The maximum atomic E-state index is 12.7. The topological polar surface area (TPSA) is 35.5 Å². The molecule has 0 radical (unpaired) electrons. The summed E-state index contributed by atoms with van der Waals surface area (Å²) in [5.41, 5.74) is 3.62. The average molecular weight is 423 g/mol. The fourth-order valence-electron chi connectivity index (χ4n) is 3.59. The van der Waals surface area contributed by atoms with Crippen LogP contribution in [0.2, 0.25) is 0 Å². The highest BCUT2D eigenvalue weighted by molar-refractivity contribution is 7.45. The number of carbonyl (C=O) groups excluding carboxylic acids is 1. The number of allylic oxidation sites excluding steroid dienone is 1. The highest BCUT2D eigenvalue weighted by Gasteiger charge is 2.23. The van der Waals surface area contributed by atoms with E-state index in [1.54, 1.807) is 0 Å². The van der Waals surface area contributed by atoms with Crippen LogP contribution in [0.15, 0.2) is 77.6 Å². The molecule has 0 fully saturated rings. The van der Waals surface area contributed by atoms with E-state index in [0.29, 0.717) is 38.8 Å². The molecule has 0 spiro atoms. The van der Waals surface area contributed by atoms with E-state index in [9.17, 15) is 4.79 Å². The number of hydrogen-bond donors (Lipinski definition) is 0. The summed E-state index contributed by atoms with van der Waals surface area (Å²) in [4.78, 5) is 12.7. The molecule has 2 unspecified atom stereocenters. The summed E-state index contributed by atoms with van der Waals surface area (Å²) < 4.78 is 11.7. The van der Waals surface area contributed by atoms with E-state index in [1.165, 1.54) is 11.1 Å². The van der Waals surface area contributed by atoms with Crippen molar-refractivity contribution in [2.24, 2.45) is 5.92 Å². The number of ether oxygens (including phenoxy) is 2. The van der Waals surface area contributed by atoms with E-state index < -0.39 is 0 Å². The minimum atomic E-state index is -0.246. The van der Waals surface area contributed by atoms with Gasteiger partial charge in [0.25, 0.3) is 0 Å². The van der Waals surface area contributed by atoms with Crippen LogP contribution in [0.4, 0.5) is 0 Å². The van der Waals surface area contributed by atoms with Crippen molar-refractivity contribution >= 4 is 20.3 Å². The molecule has 3 nitrogen and oxygen atoms in total. The molecule has 2 aromatic carbocycles. The molecule has 4 heteroatoms. The number of esters is 1. The van der Waals surface area contributed by atoms with E-state index in [4.69, 9.17) is 9.47 Å². The zero-order valence-electron chi connectivity index (χ0n) is 17.9. The summed E-state index contributed by atoms with van der Waals surface area (Å²) >= 11 is 0. The zero-order valence-corrected chi connectivity index (χ0v) is 18.9. The SMILES string of the molecule is CCOC(=O)/C1=C(\c2ccccc2)OCC(/C(C)=C/Cc2ccccc2)CCCP1. The Morgan fingerprint density at radius 3 is 2.53 bits per heavy atom. The first-order chi connectivity index (χ1) is 14.7. The predicted octanol–water partition coefficient (Wildman–Crippen LogP) is 6.21. The second kappa shape index (κ2) is 11.7. The molecule has 158 valence electrons. The smallest absolute Gasteiger partial charge is 0.342 e. The Labute approximate surface area is 182 Å². The van der Waals surface area contributed by atoms with Crippen LogP contribution in [0.25, 0.3) is 5.76 Å². The van der Waals surface area contributed by atoms with Crippen LogP contribution in [0.3, 0.4) is 0 Å². The molecule has 0 saturated heterocycles. The minimum absolute atomic E-state index is 0.246. The van der Waals surface area contributed by atoms with Gasteiger partial charge in [-0.1, -0.05) is 80.9 Å². The van der Waals surface area contributed by atoms with Crippen molar-refractivity contribution in [2.75, 3.05) is 19.4 Å². The third kappa shape index (κ3) is 6.31. The monoisotopic (exact) mass is 422 g/mol. The fourth-order valence-corrected chi connectivity index (χ4v) is 4.81. The van der Waals surface area contributed by atoms with Crippen molar-refractivity contribution in [2.45, 2.75) is 33.1 Å². The molecule has 1 heterocycles. The second-order valence-electron chi connectivity index (χ2n) is 7.51. The Morgan fingerprint density at radius 2 is 1.83 bits per heavy atom. The third-order valence-electron chi connectivity index (χ3n) is 5.35.